The van der Waals surface area contributed by atoms with Crippen LogP contribution < -0.4 is 0 Å². The highest BCUT2D eigenvalue weighted by atomic mass is 14.7. The van der Waals surface area contributed by atoms with Crippen LogP contribution in [0.2, 0.25) is 0 Å². The topological polar surface area (TPSA) is 15.8 Å². The fourth-order valence-electron chi connectivity index (χ4n) is 2.29. The van der Waals surface area contributed by atoms with Gasteiger partial charge in [-0.3, -0.25) is 0 Å². The Morgan fingerprint density at radius 3 is 2.67 bits per heavy atom. The van der Waals surface area contributed by atoms with Crippen LogP contribution in [0.3, 0.4) is 0 Å². The van der Waals surface area contributed by atoms with Crippen molar-refractivity contribution in [3.63, 3.8) is 0 Å². The van der Waals surface area contributed by atoms with E-state index in [1.807, 2.05) is 0 Å². The van der Waals surface area contributed by atoms with Crippen LogP contribution in [0.5, 0.6) is 0 Å². The third-order valence-electron chi connectivity index (χ3n) is 3.00. The van der Waals surface area contributed by atoms with Crippen molar-refractivity contribution >= 4 is 10.9 Å². The summed E-state index contributed by atoms with van der Waals surface area (Å²) >= 11 is 0. The first kappa shape index (κ1) is 10.3. The first-order valence-electron chi connectivity index (χ1n) is 5.86. The molecule has 15 heavy (non-hydrogen) atoms. The maximum absolute atomic E-state index is 3.56. The van der Waals surface area contributed by atoms with Gasteiger partial charge in [-0.25, -0.2) is 0 Å². The van der Waals surface area contributed by atoms with E-state index in [0.29, 0.717) is 0 Å². The molecule has 0 fully saturated rings. The van der Waals surface area contributed by atoms with Gasteiger partial charge in [0, 0.05) is 16.6 Å². The molecule has 1 N–H and O–H groups in total. The monoisotopic (exact) mass is 201 g/mol. The van der Waals surface area contributed by atoms with E-state index in [-0.39, 0.29) is 0 Å². The molecular weight excluding hydrogens is 182 g/mol. The minimum Gasteiger partial charge on any atom is -0.358 e. The number of hydrogen-bond donors (Lipinski definition) is 1. The van der Waals surface area contributed by atoms with E-state index in [2.05, 4.69) is 44.0 Å². The van der Waals surface area contributed by atoms with E-state index < -0.39 is 0 Å². The molecule has 0 amide bonds. The molecule has 0 unspecified atom stereocenters. The summed E-state index contributed by atoms with van der Waals surface area (Å²) < 4.78 is 0. The van der Waals surface area contributed by atoms with Gasteiger partial charge in [-0.15, -0.1) is 0 Å². The van der Waals surface area contributed by atoms with Gasteiger partial charge < -0.3 is 4.98 Å². The molecule has 0 saturated carbocycles. The molecule has 0 atom stereocenters. The molecular formula is C14H19N. The van der Waals surface area contributed by atoms with Gasteiger partial charge in [-0.1, -0.05) is 32.4 Å². The maximum atomic E-state index is 3.56. The predicted molar refractivity (Wildman–Crippen MR) is 66.4 cm³/mol. The van der Waals surface area contributed by atoms with Crippen molar-refractivity contribution in [3.05, 3.63) is 35.0 Å². The summed E-state index contributed by atoms with van der Waals surface area (Å²) in [4.78, 5) is 3.56. The smallest absolute Gasteiger partial charge is 0.0461 e. The van der Waals surface area contributed by atoms with E-state index in [4.69, 9.17) is 0 Å². The van der Waals surface area contributed by atoms with Gasteiger partial charge in [0.05, 0.1) is 0 Å². The number of benzene rings is 1. The van der Waals surface area contributed by atoms with E-state index in [9.17, 15) is 0 Å². The third-order valence-corrected chi connectivity index (χ3v) is 3.00. The second kappa shape index (κ2) is 4.09. The van der Waals surface area contributed by atoms with Gasteiger partial charge in [0.25, 0.3) is 0 Å². The first-order chi connectivity index (χ1) is 7.26. The molecule has 2 aromatic rings. The SMILES string of the molecule is CCCc1[nH]c2cc(C)ccc2c1CC. The van der Waals surface area contributed by atoms with E-state index >= 15 is 0 Å². The summed E-state index contributed by atoms with van der Waals surface area (Å²) in [6.07, 6.45) is 3.49. The summed E-state index contributed by atoms with van der Waals surface area (Å²) in [6.45, 7) is 6.61. The molecule has 1 aromatic heterocycles. The van der Waals surface area contributed by atoms with E-state index in [1.54, 1.807) is 0 Å². The Kier molecular flexibility index (Phi) is 2.81. The quantitative estimate of drug-likeness (QED) is 0.772. The molecule has 0 aliphatic rings. The van der Waals surface area contributed by atoms with Crippen LogP contribution >= 0.6 is 0 Å². The Balaban J connectivity index is 2.62. The van der Waals surface area contributed by atoms with Crippen LogP contribution in [0.15, 0.2) is 18.2 Å². The average Bonchev–Trinajstić information content (AvgIpc) is 2.54. The van der Waals surface area contributed by atoms with Gasteiger partial charge in [0.15, 0.2) is 0 Å². The van der Waals surface area contributed by atoms with Crippen molar-refractivity contribution < 1.29 is 0 Å². The normalized spacial score (nSPS) is 11.1. The zero-order chi connectivity index (χ0) is 10.8. The van der Waals surface area contributed by atoms with Gasteiger partial charge in [-0.2, -0.15) is 0 Å². The summed E-state index contributed by atoms with van der Waals surface area (Å²) in [5.74, 6) is 0. The molecule has 0 bridgehead atoms. The van der Waals surface area contributed by atoms with E-state index in [0.717, 1.165) is 12.8 Å². The molecule has 0 radical (unpaired) electrons. The number of hydrogen-bond acceptors (Lipinski definition) is 0. The highest BCUT2D eigenvalue weighted by molar-refractivity contribution is 5.85. The predicted octanol–water partition coefficient (Wildman–Crippen LogP) is 3.99. The molecule has 0 spiro atoms. The third kappa shape index (κ3) is 1.79. The van der Waals surface area contributed by atoms with Gasteiger partial charge >= 0.3 is 0 Å². The molecule has 0 aliphatic heterocycles. The molecule has 1 heteroatoms. The number of aromatic nitrogens is 1. The summed E-state index contributed by atoms with van der Waals surface area (Å²) in [7, 11) is 0. The Morgan fingerprint density at radius 1 is 1.20 bits per heavy atom. The zero-order valence-corrected chi connectivity index (χ0v) is 9.85. The molecule has 0 saturated heterocycles. The Labute approximate surface area is 91.5 Å². The van der Waals surface area contributed by atoms with Crippen molar-refractivity contribution in [1.29, 1.82) is 0 Å². The lowest BCUT2D eigenvalue weighted by Gasteiger charge is -1.99. The van der Waals surface area contributed by atoms with Crippen LogP contribution in [-0.4, -0.2) is 4.98 Å². The standard InChI is InChI=1S/C14H19N/c1-4-6-13-11(5-2)12-8-7-10(3)9-14(12)15-13/h7-9,15H,4-6H2,1-3H3. The molecule has 1 aromatic carbocycles. The second-order valence-electron chi connectivity index (χ2n) is 4.23. The fourth-order valence-corrected chi connectivity index (χ4v) is 2.29. The first-order valence-corrected chi connectivity index (χ1v) is 5.86. The molecule has 0 aliphatic carbocycles. The van der Waals surface area contributed by atoms with Gasteiger partial charge in [-0.05, 0) is 37.0 Å². The minimum atomic E-state index is 1.12. The van der Waals surface area contributed by atoms with Crippen LogP contribution in [0.4, 0.5) is 0 Å². The summed E-state index contributed by atoms with van der Waals surface area (Å²) in [5.41, 5.74) is 5.57. The van der Waals surface area contributed by atoms with E-state index in [1.165, 1.54) is 34.1 Å². The Morgan fingerprint density at radius 2 is 2.00 bits per heavy atom. The van der Waals surface area contributed by atoms with Crippen LogP contribution in [0, 0.1) is 6.92 Å². The number of aryl methyl sites for hydroxylation is 3. The molecule has 1 heterocycles. The van der Waals surface area contributed by atoms with Gasteiger partial charge in [0.1, 0.15) is 0 Å². The second-order valence-corrected chi connectivity index (χ2v) is 4.23. The number of H-pyrrole nitrogens is 1. The zero-order valence-electron chi connectivity index (χ0n) is 9.85. The van der Waals surface area contributed by atoms with Crippen molar-refractivity contribution in [1.82, 2.24) is 4.98 Å². The van der Waals surface area contributed by atoms with Gasteiger partial charge in [0.2, 0.25) is 0 Å². The lowest BCUT2D eigenvalue weighted by Crippen LogP contribution is -1.88. The molecule has 2 rings (SSSR count). The molecule has 1 nitrogen and oxygen atoms in total. The number of rotatable bonds is 3. The lowest BCUT2D eigenvalue weighted by molar-refractivity contribution is 0.877. The van der Waals surface area contributed by atoms with Crippen molar-refractivity contribution in [2.45, 2.75) is 40.0 Å². The largest absolute Gasteiger partial charge is 0.358 e. The van der Waals surface area contributed by atoms with Crippen molar-refractivity contribution in [3.8, 4) is 0 Å². The average molecular weight is 201 g/mol. The van der Waals surface area contributed by atoms with Crippen molar-refractivity contribution in [2.24, 2.45) is 0 Å². The van der Waals surface area contributed by atoms with Crippen molar-refractivity contribution in [2.75, 3.05) is 0 Å². The van der Waals surface area contributed by atoms with Crippen LogP contribution in [0.1, 0.15) is 37.1 Å². The summed E-state index contributed by atoms with van der Waals surface area (Å²) in [6, 6.07) is 6.69. The number of fused-ring (bicyclic) bond motifs is 1. The van der Waals surface area contributed by atoms with Crippen LogP contribution in [-0.2, 0) is 12.8 Å². The minimum absolute atomic E-state index is 1.12. The van der Waals surface area contributed by atoms with Crippen LogP contribution in [0.25, 0.3) is 10.9 Å². The maximum Gasteiger partial charge on any atom is 0.0461 e. The highest BCUT2D eigenvalue weighted by Gasteiger charge is 2.08. The summed E-state index contributed by atoms with van der Waals surface area (Å²) in [5, 5.41) is 1.41. The number of aromatic amines is 1. The highest BCUT2D eigenvalue weighted by Crippen LogP contribution is 2.24. The fraction of sp³-hybridized carbons (Fsp3) is 0.429. The molecule has 80 valence electrons. The lowest BCUT2D eigenvalue weighted by atomic mass is 10.1. The Hall–Kier alpha value is -1.24. The Bertz CT molecular complexity index is 465. The number of nitrogens with one attached hydrogen (secondary N) is 1.